The first kappa shape index (κ1) is 15.1. The van der Waals surface area contributed by atoms with Crippen LogP contribution in [-0.2, 0) is 25.9 Å². The number of aryl methyl sites for hydroxylation is 1. The van der Waals surface area contributed by atoms with Gasteiger partial charge < -0.3 is 5.32 Å². The quantitative estimate of drug-likeness (QED) is 0.816. The van der Waals surface area contributed by atoms with Gasteiger partial charge in [0.2, 0.25) is 0 Å². The summed E-state index contributed by atoms with van der Waals surface area (Å²) < 4.78 is 26.5. The average Bonchev–Trinajstić information content (AvgIpc) is 2.62. The zero-order valence-electron chi connectivity index (χ0n) is 11.6. The summed E-state index contributed by atoms with van der Waals surface area (Å²) in [5.41, 5.74) is 2.95. The third-order valence-corrected chi connectivity index (χ3v) is 2.92. The molecule has 1 N–H and O–H groups in total. The second kappa shape index (κ2) is 6.83. The van der Waals surface area contributed by atoms with Crippen molar-refractivity contribution >= 4 is 0 Å². The minimum Gasteiger partial charge on any atom is -0.310 e. The lowest BCUT2D eigenvalue weighted by molar-refractivity contribution is 0.120. The zero-order chi connectivity index (χ0) is 13.7. The second-order valence-corrected chi connectivity index (χ2v) is 4.69. The topological polar surface area (TPSA) is 29.9 Å². The minimum atomic E-state index is -2.36. The number of halogens is 2. The third kappa shape index (κ3) is 3.77. The maximum atomic E-state index is 12.5. The van der Waals surface area contributed by atoms with Crippen LogP contribution in [0, 0.1) is 0 Å². The molecule has 0 unspecified atom stereocenters. The van der Waals surface area contributed by atoms with Crippen LogP contribution in [0.15, 0.2) is 0 Å². The van der Waals surface area contributed by atoms with E-state index in [9.17, 15) is 8.78 Å². The van der Waals surface area contributed by atoms with Crippen LogP contribution in [0.5, 0.6) is 0 Å². The van der Waals surface area contributed by atoms with Crippen molar-refractivity contribution in [3.05, 3.63) is 17.0 Å². The van der Waals surface area contributed by atoms with Crippen molar-refractivity contribution < 1.29 is 8.78 Å². The van der Waals surface area contributed by atoms with Crippen molar-refractivity contribution in [1.29, 1.82) is 0 Å². The van der Waals surface area contributed by atoms with Gasteiger partial charge in [-0.05, 0) is 12.8 Å². The van der Waals surface area contributed by atoms with Crippen molar-refractivity contribution in [2.75, 3.05) is 0 Å². The van der Waals surface area contributed by atoms with Crippen LogP contribution in [-0.4, -0.2) is 22.2 Å². The fourth-order valence-electron chi connectivity index (χ4n) is 2.06. The predicted molar refractivity (Wildman–Crippen MR) is 69.0 cm³/mol. The summed E-state index contributed by atoms with van der Waals surface area (Å²) in [7, 11) is 0. The molecule has 5 heteroatoms. The van der Waals surface area contributed by atoms with Crippen LogP contribution in [0.4, 0.5) is 8.78 Å². The van der Waals surface area contributed by atoms with E-state index in [-0.39, 0.29) is 6.54 Å². The molecule has 0 atom stereocenters. The van der Waals surface area contributed by atoms with Crippen LogP contribution >= 0.6 is 0 Å². The van der Waals surface area contributed by atoms with Crippen LogP contribution in [0.3, 0.4) is 0 Å². The molecule has 3 nitrogen and oxygen atoms in total. The van der Waals surface area contributed by atoms with Crippen molar-refractivity contribution in [3.63, 3.8) is 0 Å². The maximum absolute atomic E-state index is 12.5. The molecule has 104 valence electrons. The smallest absolute Gasteiger partial charge is 0.257 e. The first-order chi connectivity index (χ1) is 8.49. The van der Waals surface area contributed by atoms with E-state index in [4.69, 9.17) is 0 Å². The molecule has 18 heavy (non-hydrogen) atoms. The molecule has 0 saturated carbocycles. The highest BCUT2D eigenvalue weighted by molar-refractivity contribution is 5.27. The Morgan fingerprint density at radius 3 is 2.33 bits per heavy atom. The van der Waals surface area contributed by atoms with E-state index in [1.165, 1.54) is 4.68 Å². The lowest BCUT2D eigenvalue weighted by atomic mass is 10.1. The molecule has 0 aliphatic rings. The van der Waals surface area contributed by atoms with Crippen LogP contribution in [0.2, 0.25) is 0 Å². The van der Waals surface area contributed by atoms with Gasteiger partial charge in [0.25, 0.3) is 6.43 Å². The van der Waals surface area contributed by atoms with E-state index in [0.717, 1.165) is 29.8 Å². The van der Waals surface area contributed by atoms with Crippen LogP contribution < -0.4 is 5.32 Å². The molecule has 0 fully saturated rings. The molecule has 0 aromatic carbocycles. The summed E-state index contributed by atoms with van der Waals surface area (Å²) in [5, 5.41) is 7.65. The largest absolute Gasteiger partial charge is 0.310 e. The van der Waals surface area contributed by atoms with Gasteiger partial charge in [0, 0.05) is 23.8 Å². The molecular formula is C13H23F2N3. The summed E-state index contributed by atoms with van der Waals surface area (Å²) in [6.45, 7) is 8.53. The second-order valence-electron chi connectivity index (χ2n) is 4.69. The van der Waals surface area contributed by atoms with E-state index in [0.29, 0.717) is 12.6 Å². The Morgan fingerprint density at radius 2 is 1.89 bits per heavy atom. The summed E-state index contributed by atoms with van der Waals surface area (Å²) >= 11 is 0. The van der Waals surface area contributed by atoms with E-state index in [1.807, 2.05) is 13.8 Å². The summed E-state index contributed by atoms with van der Waals surface area (Å²) in [5.74, 6) is 0. The van der Waals surface area contributed by atoms with E-state index in [2.05, 4.69) is 24.3 Å². The molecule has 0 amide bonds. The number of aromatic nitrogens is 2. The maximum Gasteiger partial charge on any atom is 0.257 e. The monoisotopic (exact) mass is 259 g/mol. The summed E-state index contributed by atoms with van der Waals surface area (Å²) in [6.07, 6.45) is -0.849. The predicted octanol–water partition coefficient (Wildman–Crippen LogP) is 2.77. The molecule has 0 bridgehead atoms. The van der Waals surface area contributed by atoms with E-state index >= 15 is 0 Å². The fourth-order valence-corrected chi connectivity index (χ4v) is 2.06. The van der Waals surface area contributed by atoms with Gasteiger partial charge in [0.1, 0.15) is 6.54 Å². The number of hydrogen-bond acceptors (Lipinski definition) is 2. The first-order valence-corrected chi connectivity index (χ1v) is 6.58. The standard InChI is InChI=1S/C13H23F2N3/c1-5-11-10(7-16-9(3)4)12(6-2)18(17-11)8-13(14)15/h9,13,16H,5-8H2,1-4H3. The molecule has 1 aromatic rings. The number of alkyl halides is 2. The SMILES string of the molecule is CCc1nn(CC(F)F)c(CC)c1CNC(C)C. The van der Waals surface area contributed by atoms with Gasteiger partial charge in [-0.2, -0.15) is 5.10 Å². The Balaban J connectivity index is 3.00. The van der Waals surface area contributed by atoms with Gasteiger partial charge in [0.05, 0.1) is 5.69 Å². The summed E-state index contributed by atoms with van der Waals surface area (Å²) in [6, 6.07) is 0.373. The van der Waals surface area contributed by atoms with Crippen LogP contribution in [0.1, 0.15) is 44.6 Å². The molecule has 0 saturated heterocycles. The lowest BCUT2D eigenvalue weighted by Crippen LogP contribution is -2.23. The van der Waals surface area contributed by atoms with Gasteiger partial charge in [-0.15, -0.1) is 0 Å². The highest BCUT2D eigenvalue weighted by Crippen LogP contribution is 2.17. The van der Waals surface area contributed by atoms with Crippen LogP contribution in [0.25, 0.3) is 0 Å². The average molecular weight is 259 g/mol. The third-order valence-electron chi connectivity index (χ3n) is 2.92. The Labute approximate surface area is 108 Å². The van der Waals surface area contributed by atoms with Gasteiger partial charge in [-0.3, -0.25) is 4.68 Å². The van der Waals surface area contributed by atoms with Crippen molar-refractivity contribution in [2.45, 2.75) is 66.1 Å². The highest BCUT2D eigenvalue weighted by atomic mass is 19.3. The van der Waals surface area contributed by atoms with E-state index in [1.54, 1.807) is 0 Å². The number of nitrogens with one attached hydrogen (secondary N) is 1. The van der Waals surface area contributed by atoms with Crippen molar-refractivity contribution in [3.8, 4) is 0 Å². The zero-order valence-corrected chi connectivity index (χ0v) is 11.6. The molecule has 1 heterocycles. The van der Waals surface area contributed by atoms with Gasteiger partial charge in [-0.25, -0.2) is 8.78 Å². The Morgan fingerprint density at radius 1 is 1.22 bits per heavy atom. The van der Waals surface area contributed by atoms with Gasteiger partial charge in [0.15, 0.2) is 0 Å². The van der Waals surface area contributed by atoms with E-state index < -0.39 is 6.43 Å². The molecule has 1 rings (SSSR count). The molecule has 0 aliphatic heterocycles. The molecule has 0 radical (unpaired) electrons. The Bertz CT molecular complexity index is 373. The normalized spacial score (nSPS) is 11.8. The Kier molecular flexibility index (Phi) is 5.72. The first-order valence-electron chi connectivity index (χ1n) is 6.58. The fraction of sp³-hybridized carbons (Fsp3) is 0.769. The highest BCUT2D eigenvalue weighted by Gasteiger charge is 2.17. The number of nitrogens with zero attached hydrogens (tertiary/aromatic N) is 2. The molecule has 1 aromatic heterocycles. The minimum absolute atomic E-state index is 0.308. The van der Waals surface area contributed by atoms with Crippen molar-refractivity contribution in [2.24, 2.45) is 0 Å². The molecular weight excluding hydrogens is 236 g/mol. The molecule has 0 spiro atoms. The number of rotatable bonds is 7. The van der Waals surface area contributed by atoms with Crippen molar-refractivity contribution in [1.82, 2.24) is 15.1 Å². The van der Waals surface area contributed by atoms with Gasteiger partial charge in [-0.1, -0.05) is 27.7 Å². The number of hydrogen-bond donors (Lipinski definition) is 1. The lowest BCUT2D eigenvalue weighted by Gasteiger charge is -2.10. The molecule has 0 aliphatic carbocycles. The Hall–Kier alpha value is -0.970. The van der Waals surface area contributed by atoms with Gasteiger partial charge >= 0.3 is 0 Å². The summed E-state index contributed by atoms with van der Waals surface area (Å²) in [4.78, 5) is 0.